The fourth-order valence-corrected chi connectivity index (χ4v) is 4.04. The summed E-state index contributed by atoms with van der Waals surface area (Å²) >= 11 is 11.5. The fourth-order valence-electron chi connectivity index (χ4n) is 2.09. The van der Waals surface area contributed by atoms with Gasteiger partial charge in [0.1, 0.15) is 0 Å². The molecular weight excluding hydrogens is 342 g/mol. The van der Waals surface area contributed by atoms with E-state index in [4.69, 9.17) is 11.6 Å². The number of rotatable bonds is 5. The fraction of sp³-hybridized carbons (Fsp3) is 0.333. The van der Waals surface area contributed by atoms with E-state index in [1.54, 1.807) is 0 Å². The molecule has 1 heterocycles. The van der Waals surface area contributed by atoms with Gasteiger partial charge >= 0.3 is 0 Å². The number of halogens is 2. The van der Waals surface area contributed by atoms with E-state index in [1.165, 1.54) is 16.2 Å². The van der Waals surface area contributed by atoms with Crippen LogP contribution in [-0.2, 0) is 0 Å². The van der Waals surface area contributed by atoms with Crippen LogP contribution in [0.5, 0.6) is 0 Å². The van der Waals surface area contributed by atoms with Crippen LogP contribution in [0.3, 0.4) is 0 Å². The summed E-state index contributed by atoms with van der Waals surface area (Å²) in [5.41, 5.74) is 1.16. The molecule has 1 N–H and O–H groups in total. The van der Waals surface area contributed by atoms with E-state index in [2.05, 4.69) is 40.3 Å². The minimum atomic E-state index is 0.446. The molecule has 0 aliphatic carbocycles. The molecule has 4 heteroatoms. The second-order valence-electron chi connectivity index (χ2n) is 4.46. The Morgan fingerprint density at radius 1 is 1.32 bits per heavy atom. The van der Waals surface area contributed by atoms with Gasteiger partial charge in [-0.2, -0.15) is 0 Å². The molecule has 2 aromatic rings. The van der Waals surface area contributed by atoms with Crippen molar-refractivity contribution in [2.45, 2.75) is 25.8 Å². The summed E-state index contributed by atoms with van der Waals surface area (Å²) in [6.45, 7) is 2.21. The van der Waals surface area contributed by atoms with Crippen molar-refractivity contribution in [2.24, 2.45) is 0 Å². The predicted molar refractivity (Wildman–Crippen MR) is 89.2 cm³/mol. The Morgan fingerprint density at radius 3 is 2.79 bits per heavy atom. The molecule has 0 saturated carbocycles. The normalized spacial score (nSPS) is 12.6. The Morgan fingerprint density at radius 2 is 2.11 bits per heavy atom. The first-order chi connectivity index (χ1) is 9.15. The van der Waals surface area contributed by atoms with Gasteiger partial charge < -0.3 is 5.32 Å². The average molecular weight is 359 g/mol. The van der Waals surface area contributed by atoms with Crippen molar-refractivity contribution in [3.8, 4) is 10.4 Å². The van der Waals surface area contributed by atoms with Crippen LogP contribution < -0.4 is 5.32 Å². The van der Waals surface area contributed by atoms with Crippen molar-refractivity contribution in [3.05, 3.63) is 44.7 Å². The van der Waals surface area contributed by atoms with Gasteiger partial charge in [0.25, 0.3) is 0 Å². The standard InChI is InChI=1S/C15H17BrClNS/c1-3-4-13(18-2)15-8-7-14(19-15)11-9-10(17)5-6-12(11)16/h5-9,13,18H,3-4H2,1-2H3. The van der Waals surface area contributed by atoms with E-state index in [0.717, 1.165) is 21.5 Å². The quantitative estimate of drug-likeness (QED) is 0.702. The third-order valence-corrected chi connectivity index (χ3v) is 5.25. The van der Waals surface area contributed by atoms with Gasteiger partial charge in [0.05, 0.1) is 0 Å². The molecule has 2 rings (SSSR count). The monoisotopic (exact) mass is 357 g/mol. The van der Waals surface area contributed by atoms with Gasteiger partial charge in [0.2, 0.25) is 0 Å². The lowest BCUT2D eigenvalue weighted by atomic mass is 10.1. The van der Waals surface area contributed by atoms with E-state index in [1.807, 2.05) is 36.6 Å². The Labute approximate surface area is 132 Å². The van der Waals surface area contributed by atoms with Crippen LogP contribution in [0.15, 0.2) is 34.8 Å². The first kappa shape index (κ1) is 15.0. The molecule has 0 bridgehead atoms. The maximum absolute atomic E-state index is 6.08. The van der Waals surface area contributed by atoms with Crippen LogP contribution in [0, 0.1) is 0 Å². The van der Waals surface area contributed by atoms with Gasteiger partial charge in [-0.05, 0) is 43.8 Å². The first-order valence-corrected chi connectivity index (χ1v) is 8.37. The lowest BCUT2D eigenvalue weighted by molar-refractivity contribution is 0.550. The minimum Gasteiger partial charge on any atom is -0.312 e. The second-order valence-corrected chi connectivity index (χ2v) is 6.86. The van der Waals surface area contributed by atoms with Crippen LogP contribution in [0.25, 0.3) is 10.4 Å². The molecule has 102 valence electrons. The highest BCUT2D eigenvalue weighted by Gasteiger charge is 2.13. The van der Waals surface area contributed by atoms with Crippen molar-refractivity contribution < 1.29 is 0 Å². The summed E-state index contributed by atoms with van der Waals surface area (Å²) in [5.74, 6) is 0. The SMILES string of the molecule is CCCC(NC)c1ccc(-c2cc(Cl)ccc2Br)s1. The molecule has 0 saturated heterocycles. The molecule has 1 aromatic carbocycles. The highest BCUT2D eigenvalue weighted by atomic mass is 79.9. The third kappa shape index (κ3) is 3.60. The van der Waals surface area contributed by atoms with Crippen molar-refractivity contribution in [3.63, 3.8) is 0 Å². The highest BCUT2D eigenvalue weighted by molar-refractivity contribution is 9.10. The van der Waals surface area contributed by atoms with Crippen LogP contribution in [0.2, 0.25) is 5.02 Å². The van der Waals surface area contributed by atoms with Crippen LogP contribution in [-0.4, -0.2) is 7.05 Å². The molecule has 1 aromatic heterocycles. The van der Waals surface area contributed by atoms with Crippen molar-refractivity contribution in [1.29, 1.82) is 0 Å². The third-order valence-electron chi connectivity index (χ3n) is 3.09. The molecule has 0 radical (unpaired) electrons. The lowest BCUT2D eigenvalue weighted by Crippen LogP contribution is -2.14. The first-order valence-electron chi connectivity index (χ1n) is 6.38. The zero-order valence-electron chi connectivity index (χ0n) is 11.0. The molecule has 0 amide bonds. The van der Waals surface area contributed by atoms with Gasteiger partial charge in [-0.3, -0.25) is 0 Å². The summed E-state index contributed by atoms with van der Waals surface area (Å²) in [6, 6.07) is 10.7. The maximum Gasteiger partial charge on any atom is 0.0413 e. The van der Waals surface area contributed by atoms with E-state index in [9.17, 15) is 0 Å². The van der Waals surface area contributed by atoms with Crippen LogP contribution >= 0.6 is 38.9 Å². The molecule has 0 aliphatic rings. The molecule has 1 unspecified atom stereocenters. The van der Waals surface area contributed by atoms with E-state index in [0.29, 0.717) is 6.04 Å². The molecule has 1 atom stereocenters. The summed E-state index contributed by atoms with van der Waals surface area (Å²) in [6.07, 6.45) is 2.34. The highest BCUT2D eigenvalue weighted by Crippen LogP contribution is 2.37. The van der Waals surface area contributed by atoms with Crippen LogP contribution in [0.1, 0.15) is 30.7 Å². The molecule has 19 heavy (non-hydrogen) atoms. The summed E-state index contributed by atoms with van der Waals surface area (Å²) < 4.78 is 1.08. The molecular formula is C15H17BrClNS. The lowest BCUT2D eigenvalue weighted by Gasteiger charge is -2.12. The van der Waals surface area contributed by atoms with Gasteiger partial charge in [0.15, 0.2) is 0 Å². The number of nitrogens with one attached hydrogen (secondary N) is 1. The Kier molecular flexibility index (Phi) is 5.46. The van der Waals surface area contributed by atoms with Crippen molar-refractivity contribution in [2.75, 3.05) is 7.05 Å². The molecule has 0 fully saturated rings. The largest absolute Gasteiger partial charge is 0.312 e. The summed E-state index contributed by atoms with van der Waals surface area (Å²) in [4.78, 5) is 2.63. The van der Waals surface area contributed by atoms with Gasteiger partial charge in [-0.1, -0.05) is 40.9 Å². The van der Waals surface area contributed by atoms with Crippen molar-refractivity contribution >= 4 is 38.9 Å². The smallest absolute Gasteiger partial charge is 0.0413 e. The Hall–Kier alpha value is -0.350. The Balaban J connectivity index is 2.32. The number of hydrogen-bond acceptors (Lipinski definition) is 2. The van der Waals surface area contributed by atoms with Crippen molar-refractivity contribution in [1.82, 2.24) is 5.32 Å². The second kappa shape index (κ2) is 6.89. The number of thiophene rings is 1. The topological polar surface area (TPSA) is 12.0 Å². The van der Waals surface area contributed by atoms with Gasteiger partial charge in [-0.15, -0.1) is 11.3 Å². The maximum atomic E-state index is 6.08. The van der Waals surface area contributed by atoms with Gasteiger partial charge in [0, 0.05) is 30.9 Å². The van der Waals surface area contributed by atoms with E-state index in [-0.39, 0.29) is 0 Å². The van der Waals surface area contributed by atoms with Gasteiger partial charge in [-0.25, -0.2) is 0 Å². The zero-order valence-corrected chi connectivity index (χ0v) is 14.2. The van der Waals surface area contributed by atoms with E-state index >= 15 is 0 Å². The number of benzene rings is 1. The predicted octanol–water partition coefficient (Wildman–Crippen LogP) is 5.89. The number of hydrogen-bond donors (Lipinski definition) is 1. The van der Waals surface area contributed by atoms with Crippen LogP contribution in [0.4, 0.5) is 0 Å². The zero-order chi connectivity index (χ0) is 13.8. The molecule has 0 aliphatic heterocycles. The molecule has 1 nitrogen and oxygen atoms in total. The summed E-state index contributed by atoms with van der Waals surface area (Å²) in [5, 5.41) is 4.15. The Bertz CT molecular complexity index is 553. The van der Waals surface area contributed by atoms with E-state index < -0.39 is 0 Å². The average Bonchev–Trinajstić information content (AvgIpc) is 2.88. The molecule has 0 spiro atoms. The minimum absolute atomic E-state index is 0.446. The summed E-state index contributed by atoms with van der Waals surface area (Å²) in [7, 11) is 2.02.